The molecule has 3 rings (SSSR count). The zero-order chi connectivity index (χ0) is 13.2. The Bertz CT molecular complexity index is 429. The fourth-order valence-electron chi connectivity index (χ4n) is 3.03. The van der Waals surface area contributed by atoms with Crippen LogP contribution in [-0.4, -0.2) is 36.1 Å². The molecule has 2 aliphatic rings. The van der Waals surface area contributed by atoms with E-state index in [1.165, 1.54) is 4.88 Å². The van der Waals surface area contributed by atoms with Crippen molar-refractivity contribution in [2.24, 2.45) is 5.73 Å². The Morgan fingerprint density at radius 3 is 3.05 bits per heavy atom. The smallest absolute Gasteiger partial charge is 0.223 e. The molecule has 19 heavy (non-hydrogen) atoms. The minimum atomic E-state index is 0.0328. The predicted octanol–water partition coefficient (Wildman–Crippen LogP) is 1.92. The van der Waals surface area contributed by atoms with E-state index in [1.54, 1.807) is 11.3 Å². The highest BCUT2D eigenvalue weighted by molar-refractivity contribution is 7.10. The number of carbonyl (C=O) groups excluding carboxylic acids is 1. The highest BCUT2D eigenvalue weighted by atomic mass is 32.1. The first-order valence-electron chi connectivity index (χ1n) is 6.96. The number of nitrogens with zero attached hydrogens (tertiary/aromatic N) is 1. The summed E-state index contributed by atoms with van der Waals surface area (Å²) in [6.45, 7) is 1.51. The molecule has 3 atom stereocenters. The molecule has 1 aromatic rings. The van der Waals surface area contributed by atoms with Gasteiger partial charge in [-0.3, -0.25) is 4.79 Å². The van der Waals surface area contributed by atoms with E-state index in [2.05, 4.69) is 6.07 Å². The van der Waals surface area contributed by atoms with E-state index in [-0.39, 0.29) is 24.1 Å². The van der Waals surface area contributed by atoms with Gasteiger partial charge >= 0.3 is 0 Å². The minimum absolute atomic E-state index is 0.0328. The molecule has 0 saturated carbocycles. The molecule has 2 fully saturated rings. The van der Waals surface area contributed by atoms with Crippen LogP contribution in [0.25, 0.3) is 0 Å². The lowest BCUT2D eigenvalue weighted by Gasteiger charge is -2.40. The van der Waals surface area contributed by atoms with Gasteiger partial charge in [0, 0.05) is 30.5 Å². The molecule has 1 amide bonds. The van der Waals surface area contributed by atoms with Gasteiger partial charge in [-0.1, -0.05) is 6.07 Å². The molecule has 0 bridgehead atoms. The molecule has 4 nitrogen and oxygen atoms in total. The van der Waals surface area contributed by atoms with E-state index in [0.717, 1.165) is 25.9 Å². The monoisotopic (exact) mass is 280 g/mol. The van der Waals surface area contributed by atoms with Crippen molar-refractivity contribution in [3.63, 3.8) is 0 Å². The first-order valence-corrected chi connectivity index (χ1v) is 7.83. The molecule has 0 aliphatic carbocycles. The second-order valence-corrected chi connectivity index (χ2v) is 6.32. The van der Waals surface area contributed by atoms with Gasteiger partial charge in [0.25, 0.3) is 0 Å². The Labute approximate surface area is 117 Å². The summed E-state index contributed by atoms with van der Waals surface area (Å²) in [6, 6.07) is 4.18. The first-order chi connectivity index (χ1) is 9.25. The maximum absolute atomic E-state index is 12.3. The van der Waals surface area contributed by atoms with Crippen molar-refractivity contribution in [3.05, 3.63) is 22.4 Å². The molecule has 2 saturated heterocycles. The summed E-state index contributed by atoms with van der Waals surface area (Å²) in [5.74, 6) is 0.218. The summed E-state index contributed by atoms with van der Waals surface area (Å²) in [7, 11) is 0. The highest BCUT2D eigenvalue weighted by Gasteiger charge is 2.37. The summed E-state index contributed by atoms with van der Waals surface area (Å²) in [5.41, 5.74) is 6.27. The second kappa shape index (κ2) is 5.61. The maximum atomic E-state index is 12.3. The Hall–Kier alpha value is -0.910. The standard InChI is InChI=1S/C14H20N2O2S/c15-11-5-6-13(17)16(9-10-3-1-7-18-10)14(11)12-4-2-8-19-12/h2,4,8,10-11,14H,1,3,5-7,9,15H2. The molecule has 0 radical (unpaired) electrons. The number of amides is 1. The fraction of sp³-hybridized carbons (Fsp3) is 0.643. The molecule has 5 heteroatoms. The molecule has 0 aromatic carbocycles. The van der Waals surface area contributed by atoms with E-state index >= 15 is 0 Å². The third-order valence-electron chi connectivity index (χ3n) is 4.01. The van der Waals surface area contributed by atoms with Crippen molar-refractivity contribution in [1.82, 2.24) is 4.90 Å². The molecule has 3 heterocycles. The molecule has 1 aromatic heterocycles. The van der Waals surface area contributed by atoms with Crippen LogP contribution in [-0.2, 0) is 9.53 Å². The van der Waals surface area contributed by atoms with Crippen molar-refractivity contribution in [3.8, 4) is 0 Å². The van der Waals surface area contributed by atoms with Crippen LogP contribution in [0.15, 0.2) is 17.5 Å². The lowest BCUT2D eigenvalue weighted by Crippen LogP contribution is -2.50. The van der Waals surface area contributed by atoms with Crippen LogP contribution in [0.3, 0.4) is 0 Å². The first kappa shape index (κ1) is 13.1. The minimum Gasteiger partial charge on any atom is -0.376 e. The molecule has 2 aliphatic heterocycles. The number of rotatable bonds is 3. The number of hydrogen-bond donors (Lipinski definition) is 1. The Kier molecular flexibility index (Phi) is 3.86. The van der Waals surface area contributed by atoms with E-state index < -0.39 is 0 Å². The van der Waals surface area contributed by atoms with Crippen LogP contribution in [0.5, 0.6) is 0 Å². The quantitative estimate of drug-likeness (QED) is 0.920. The number of thiophene rings is 1. The molecule has 3 unspecified atom stereocenters. The number of nitrogens with two attached hydrogens (primary N) is 1. The van der Waals surface area contributed by atoms with E-state index in [0.29, 0.717) is 13.0 Å². The largest absolute Gasteiger partial charge is 0.376 e. The van der Waals surface area contributed by atoms with E-state index in [1.807, 2.05) is 16.3 Å². The van der Waals surface area contributed by atoms with Gasteiger partial charge in [0.2, 0.25) is 5.91 Å². The Balaban J connectivity index is 1.80. The summed E-state index contributed by atoms with van der Waals surface area (Å²) in [5, 5.41) is 2.05. The topological polar surface area (TPSA) is 55.6 Å². The summed E-state index contributed by atoms with van der Waals surface area (Å²) >= 11 is 1.68. The number of likely N-dealkylation sites (tertiary alicyclic amines) is 1. The van der Waals surface area contributed by atoms with Gasteiger partial charge in [0.1, 0.15) is 0 Å². The number of piperidine rings is 1. The number of hydrogen-bond acceptors (Lipinski definition) is 4. The van der Waals surface area contributed by atoms with Crippen LogP contribution in [0, 0.1) is 0 Å². The molecule has 0 spiro atoms. The second-order valence-electron chi connectivity index (χ2n) is 5.34. The van der Waals surface area contributed by atoms with Gasteiger partial charge in [-0.2, -0.15) is 0 Å². The third-order valence-corrected chi connectivity index (χ3v) is 4.96. The number of ether oxygens (including phenoxy) is 1. The third kappa shape index (κ3) is 2.68. The zero-order valence-electron chi connectivity index (χ0n) is 11.0. The van der Waals surface area contributed by atoms with Crippen LogP contribution in [0.4, 0.5) is 0 Å². The van der Waals surface area contributed by atoms with Gasteiger partial charge in [-0.05, 0) is 30.7 Å². The molecular formula is C14H20N2O2S. The van der Waals surface area contributed by atoms with Crippen molar-refractivity contribution >= 4 is 17.2 Å². The fourth-order valence-corrected chi connectivity index (χ4v) is 3.94. The SMILES string of the molecule is NC1CCC(=O)N(CC2CCCO2)C1c1cccs1. The summed E-state index contributed by atoms with van der Waals surface area (Å²) in [6.07, 6.45) is 3.69. The Morgan fingerprint density at radius 2 is 2.37 bits per heavy atom. The average Bonchev–Trinajstić information content (AvgIpc) is 3.06. The lowest BCUT2D eigenvalue weighted by molar-refractivity contribution is -0.139. The summed E-state index contributed by atoms with van der Waals surface area (Å²) < 4.78 is 5.67. The number of carbonyl (C=O) groups is 1. The van der Waals surface area contributed by atoms with Crippen LogP contribution in [0.2, 0.25) is 0 Å². The van der Waals surface area contributed by atoms with Gasteiger partial charge in [-0.15, -0.1) is 11.3 Å². The molecule has 2 N–H and O–H groups in total. The predicted molar refractivity (Wildman–Crippen MR) is 75.0 cm³/mol. The van der Waals surface area contributed by atoms with Gasteiger partial charge in [0.15, 0.2) is 0 Å². The van der Waals surface area contributed by atoms with E-state index in [4.69, 9.17) is 10.5 Å². The van der Waals surface area contributed by atoms with Gasteiger partial charge in [-0.25, -0.2) is 0 Å². The van der Waals surface area contributed by atoms with Crippen molar-refractivity contribution < 1.29 is 9.53 Å². The van der Waals surface area contributed by atoms with Crippen LogP contribution < -0.4 is 5.73 Å². The zero-order valence-corrected chi connectivity index (χ0v) is 11.8. The van der Waals surface area contributed by atoms with Gasteiger partial charge in [0.05, 0.1) is 12.1 Å². The summed E-state index contributed by atoms with van der Waals surface area (Å²) in [4.78, 5) is 15.4. The lowest BCUT2D eigenvalue weighted by atomic mass is 9.94. The van der Waals surface area contributed by atoms with Gasteiger partial charge < -0.3 is 15.4 Å². The van der Waals surface area contributed by atoms with E-state index in [9.17, 15) is 4.79 Å². The molecular weight excluding hydrogens is 260 g/mol. The van der Waals surface area contributed by atoms with Crippen molar-refractivity contribution in [1.29, 1.82) is 0 Å². The highest BCUT2D eigenvalue weighted by Crippen LogP contribution is 2.34. The van der Waals surface area contributed by atoms with Crippen LogP contribution >= 0.6 is 11.3 Å². The van der Waals surface area contributed by atoms with Crippen molar-refractivity contribution in [2.45, 2.75) is 43.9 Å². The molecule has 104 valence electrons. The van der Waals surface area contributed by atoms with Crippen LogP contribution in [0.1, 0.15) is 36.6 Å². The van der Waals surface area contributed by atoms with Crippen molar-refractivity contribution in [2.75, 3.05) is 13.2 Å². The maximum Gasteiger partial charge on any atom is 0.223 e. The normalized spacial score (nSPS) is 31.9. The average molecular weight is 280 g/mol. The Morgan fingerprint density at radius 1 is 1.47 bits per heavy atom.